The third kappa shape index (κ3) is 2.50. The number of rotatable bonds is 3. The molecule has 0 aliphatic heterocycles. The summed E-state index contributed by atoms with van der Waals surface area (Å²) in [6.07, 6.45) is 0. The van der Waals surface area contributed by atoms with Crippen LogP contribution in [-0.4, -0.2) is 16.2 Å². The molecular weight excluding hydrogens is 259 g/mol. The summed E-state index contributed by atoms with van der Waals surface area (Å²) in [5.41, 5.74) is 0.451. The molecule has 2 aromatic carbocycles. The third-order valence-corrected chi connectivity index (χ3v) is 3.39. The second-order valence-corrected chi connectivity index (χ2v) is 5.17. The number of aromatic hydroxyl groups is 1. The van der Waals surface area contributed by atoms with Gasteiger partial charge >= 0.3 is 5.97 Å². The van der Waals surface area contributed by atoms with E-state index in [1.54, 1.807) is 38.1 Å². The molecule has 0 atom stereocenters. The lowest BCUT2D eigenvalue weighted by atomic mass is 9.83. The first-order valence-electron chi connectivity index (χ1n) is 6.15. The Morgan fingerprint density at radius 1 is 1.15 bits per heavy atom. The second-order valence-electron chi connectivity index (χ2n) is 5.17. The van der Waals surface area contributed by atoms with Gasteiger partial charge in [0.05, 0.1) is 5.41 Å². The summed E-state index contributed by atoms with van der Waals surface area (Å²) in [5, 5.41) is 19.1. The molecule has 0 saturated heterocycles. The van der Waals surface area contributed by atoms with Gasteiger partial charge in [-0.1, -0.05) is 18.2 Å². The maximum atomic E-state index is 13.3. The molecule has 0 unspecified atom stereocenters. The number of hydrogen-bond acceptors (Lipinski definition) is 2. The maximum Gasteiger partial charge on any atom is 0.313 e. The highest BCUT2D eigenvalue weighted by atomic mass is 19.1. The van der Waals surface area contributed by atoms with Crippen molar-refractivity contribution in [1.29, 1.82) is 0 Å². The van der Waals surface area contributed by atoms with Gasteiger partial charge in [-0.2, -0.15) is 0 Å². The van der Waals surface area contributed by atoms with E-state index in [-0.39, 0.29) is 5.75 Å². The first-order valence-corrected chi connectivity index (χ1v) is 6.15. The number of hydrogen-bond donors (Lipinski definition) is 2. The molecule has 20 heavy (non-hydrogen) atoms. The Balaban J connectivity index is 2.55. The Hall–Kier alpha value is -2.36. The van der Waals surface area contributed by atoms with Gasteiger partial charge in [-0.3, -0.25) is 4.79 Å². The van der Waals surface area contributed by atoms with E-state index >= 15 is 0 Å². The zero-order chi connectivity index (χ0) is 14.9. The largest absolute Gasteiger partial charge is 0.507 e. The normalized spacial score (nSPS) is 11.3. The predicted octanol–water partition coefficient (Wildman–Crippen LogP) is 3.56. The van der Waals surface area contributed by atoms with Gasteiger partial charge in [0.25, 0.3) is 0 Å². The standard InChI is InChI=1S/C16H15FO3/c1-16(2,15(19)20)11-5-3-4-10(8-11)13-9-12(17)6-7-14(13)18/h3-9,18H,1-2H3,(H,19,20). The van der Waals surface area contributed by atoms with E-state index in [1.807, 2.05) is 0 Å². The van der Waals surface area contributed by atoms with Crippen LogP contribution in [0.3, 0.4) is 0 Å². The molecule has 2 rings (SSSR count). The van der Waals surface area contributed by atoms with Crippen molar-refractivity contribution in [2.75, 3.05) is 0 Å². The molecular formula is C16H15FO3. The van der Waals surface area contributed by atoms with Crippen molar-refractivity contribution in [3.05, 3.63) is 53.8 Å². The Morgan fingerprint density at radius 2 is 1.85 bits per heavy atom. The zero-order valence-electron chi connectivity index (χ0n) is 11.2. The van der Waals surface area contributed by atoms with Crippen LogP contribution in [0.1, 0.15) is 19.4 Å². The smallest absolute Gasteiger partial charge is 0.313 e. The summed E-state index contributed by atoms with van der Waals surface area (Å²) < 4.78 is 13.3. The fourth-order valence-electron chi connectivity index (χ4n) is 1.94. The van der Waals surface area contributed by atoms with Crippen molar-refractivity contribution in [2.24, 2.45) is 0 Å². The van der Waals surface area contributed by atoms with Gasteiger partial charge in [0, 0.05) is 5.56 Å². The summed E-state index contributed by atoms with van der Waals surface area (Å²) >= 11 is 0. The molecule has 0 spiro atoms. The van der Waals surface area contributed by atoms with Gasteiger partial charge < -0.3 is 10.2 Å². The van der Waals surface area contributed by atoms with Crippen LogP contribution in [0.5, 0.6) is 5.75 Å². The van der Waals surface area contributed by atoms with Crippen LogP contribution < -0.4 is 0 Å². The molecule has 104 valence electrons. The van der Waals surface area contributed by atoms with Crippen LogP contribution in [0.2, 0.25) is 0 Å². The highest BCUT2D eigenvalue weighted by molar-refractivity contribution is 5.81. The molecule has 0 aliphatic carbocycles. The SMILES string of the molecule is CC(C)(C(=O)O)c1cccc(-c2cc(F)ccc2O)c1. The summed E-state index contributed by atoms with van der Waals surface area (Å²) in [6, 6.07) is 10.4. The molecule has 4 heteroatoms. The van der Waals surface area contributed by atoms with Crippen LogP contribution in [0, 0.1) is 5.82 Å². The minimum absolute atomic E-state index is 0.0447. The average molecular weight is 274 g/mol. The average Bonchev–Trinajstić information content (AvgIpc) is 2.41. The van der Waals surface area contributed by atoms with Crippen LogP contribution in [-0.2, 0) is 10.2 Å². The van der Waals surface area contributed by atoms with Crippen LogP contribution in [0.15, 0.2) is 42.5 Å². The number of carbonyl (C=O) groups is 1. The zero-order valence-corrected chi connectivity index (χ0v) is 11.2. The number of phenols is 1. The van der Waals surface area contributed by atoms with Gasteiger partial charge in [0.1, 0.15) is 11.6 Å². The Labute approximate surface area is 116 Å². The molecule has 2 aromatic rings. The van der Waals surface area contributed by atoms with E-state index in [1.165, 1.54) is 18.2 Å². The Morgan fingerprint density at radius 3 is 2.50 bits per heavy atom. The second kappa shape index (κ2) is 4.96. The molecule has 0 aromatic heterocycles. The summed E-state index contributed by atoms with van der Waals surface area (Å²) in [7, 11) is 0. The molecule has 0 radical (unpaired) electrons. The van der Waals surface area contributed by atoms with Crippen LogP contribution >= 0.6 is 0 Å². The summed E-state index contributed by atoms with van der Waals surface area (Å²) in [5.74, 6) is -1.45. The van der Waals surface area contributed by atoms with Gasteiger partial charge in [-0.05, 0) is 49.2 Å². The van der Waals surface area contributed by atoms with Crippen molar-refractivity contribution in [2.45, 2.75) is 19.3 Å². The maximum absolute atomic E-state index is 13.3. The highest BCUT2D eigenvalue weighted by Crippen LogP contribution is 2.33. The third-order valence-electron chi connectivity index (χ3n) is 3.39. The lowest BCUT2D eigenvalue weighted by Gasteiger charge is -2.20. The van der Waals surface area contributed by atoms with E-state index < -0.39 is 17.2 Å². The molecule has 0 saturated carbocycles. The first-order chi connectivity index (χ1) is 9.32. The predicted molar refractivity (Wildman–Crippen MR) is 74.2 cm³/mol. The number of halogens is 1. The molecule has 0 amide bonds. The molecule has 0 fully saturated rings. The van der Waals surface area contributed by atoms with E-state index in [0.29, 0.717) is 16.7 Å². The fraction of sp³-hybridized carbons (Fsp3) is 0.188. The number of benzene rings is 2. The highest BCUT2D eigenvalue weighted by Gasteiger charge is 2.29. The first kappa shape index (κ1) is 14.1. The van der Waals surface area contributed by atoms with Crippen molar-refractivity contribution >= 4 is 5.97 Å². The fourth-order valence-corrected chi connectivity index (χ4v) is 1.94. The van der Waals surface area contributed by atoms with E-state index in [0.717, 1.165) is 0 Å². The molecule has 0 heterocycles. The minimum Gasteiger partial charge on any atom is -0.507 e. The van der Waals surface area contributed by atoms with Crippen molar-refractivity contribution < 1.29 is 19.4 Å². The van der Waals surface area contributed by atoms with Crippen molar-refractivity contribution in [1.82, 2.24) is 0 Å². The van der Waals surface area contributed by atoms with E-state index in [9.17, 15) is 19.4 Å². The molecule has 0 bridgehead atoms. The van der Waals surface area contributed by atoms with Gasteiger partial charge in [-0.15, -0.1) is 0 Å². The number of aliphatic carboxylic acids is 1. The quantitative estimate of drug-likeness (QED) is 0.899. The lowest BCUT2D eigenvalue weighted by molar-refractivity contribution is -0.142. The van der Waals surface area contributed by atoms with Crippen LogP contribution in [0.4, 0.5) is 4.39 Å². The Bertz CT molecular complexity index is 663. The van der Waals surface area contributed by atoms with Gasteiger partial charge in [-0.25, -0.2) is 4.39 Å². The molecule has 2 N–H and O–H groups in total. The van der Waals surface area contributed by atoms with Crippen molar-refractivity contribution in [3.8, 4) is 16.9 Å². The number of carboxylic acid groups (broad SMARTS) is 1. The topological polar surface area (TPSA) is 57.5 Å². The van der Waals surface area contributed by atoms with E-state index in [4.69, 9.17) is 0 Å². The molecule has 0 aliphatic rings. The van der Waals surface area contributed by atoms with Crippen LogP contribution in [0.25, 0.3) is 11.1 Å². The summed E-state index contributed by atoms with van der Waals surface area (Å²) in [4.78, 5) is 11.3. The minimum atomic E-state index is -1.06. The van der Waals surface area contributed by atoms with Gasteiger partial charge in [0.2, 0.25) is 0 Å². The number of phenolic OH excluding ortho intramolecular Hbond substituents is 1. The molecule has 3 nitrogen and oxygen atoms in total. The van der Waals surface area contributed by atoms with E-state index in [2.05, 4.69) is 0 Å². The lowest BCUT2D eigenvalue weighted by Crippen LogP contribution is -2.28. The van der Waals surface area contributed by atoms with Gasteiger partial charge in [0.15, 0.2) is 0 Å². The number of carboxylic acids is 1. The van der Waals surface area contributed by atoms with Crippen molar-refractivity contribution in [3.63, 3.8) is 0 Å². The Kier molecular flexibility index (Phi) is 3.49. The summed E-state index contributed by atoms with van der Waals surface area (Å²) in [6.45, 7) is 3.19. The monoisotopic (exact) mass is 274 g/mol.